The van der Waals surface area contributed by atoms with Gasteiger partial charge in [-0.3, -0.25) is 4.79 Å². The summed E-state index contributed by atoms with van der Waals surface area (Å²) in [5.41, 5.74) is 2.15. The Labute approximate surface area is 96.3 Å². The molecule has 0 N–H and O–H groups in total. The molecule has 0 aromatic heterocycles. The first kappa shape index (κ1) is 11.2. The standard InChI is InChI=1S/C13H18N2O/c1-9(10(2)16)5-3-4-6-11-12-7-8-13(11)15-14-12/h6,12-13H,1,3-5,7-8H2,2H3/t12-,13+. The lowest BCUT2D eigenvalue weighted by molar-refractivity contribution is -0.113. The summed E-state index contributed by atoms with van der Waals surface area (Å²) in [5.74, 6) is 0.110. The van der Waals surface area contributed by atoms with Crippen LogP contribution in [0.25, 0.3) is 0 Å². The Morgan fingerprint density at radius 2 is 2.06 bits per heavy atom. The summed E-state index contributed by atoms with van der Waals surface area (Å²) >= 11 is 0. The number of carbonyl (C=O) groups is 1. The largest absolute Gasteiger partial charge is 0.295 e. The number of carbonyl (C=O) groups excluding carboxylic acids is 1. The Morgan fingerprint density at radius 3 is 2.56 bits per heavy atom. The van der Waals surface area contributed by atoms with Crippen molar-refractivity contribution in [3.8, 4) is 0 Å². The second kappa shape index (κ2) is 4.73. The fourth-order valence-electron chi connectivity index (χ4n) is 2.31. The van der Waals surface area contributed by atoms with Gasteiger partial charge in [0.2, 0.25) is 0 Å². The minimum Gasteiger partial charge on any atom is -0.295 e. The number of fused-ring (bicyclic) bond motifs is 2. The number of allylic oxidation sites excluding steroid dienone is 2. The molecule has 0 unspecified atom stereocenters. The van der Waals surface area contributed by atoms with Gasteiger partial charge in [-0.05, 0) is 50.2 Å². The van der Waals surface area contributed by atoms with E-state index in [1.807, 2.05) is 0 Å². The van der Waals surface area contributed by atoms with Crippen LogP contribution in [0.15, 0.2) is 34.0 Å². The SMILES string of the molecule is C=C(CCCC=C1[C@@H]2CC[C@H]1N=N2)C(C)=O. The number of nitrogens with zero attached hydrogens (tertiary/aromatic N) is 2. The molecule has 1 saturated carbocycles. The van der Waals surface area contributed by atoms with Gasteiger partial charge in [0, 0.05) is 0 Å². The monoisotopic (exact) mass is 218 g/mol. The van der Waals surface area contributed by atoms with Crippen LogP contribution in [-0.2, 0) is 4.79 Å². The van der Waals surface area contributed by atoms with Crippen molar-refractivity contribution >= 4 is 5.78 Å². The molecule has 2 aliphatic rings. The molecule has 0 spiro atoms. The van der Waals surface area contributed by atoms with Gasteiger partial charge in [0.15, 0.2) is 5.78 Å². The Hall–Kier alpha value is -1.25. The fraction of sp³-hybridized carbons (Fsp3) is 0.615. The van der Waals surface area contributed by atoms with Crippen molar-refractivity contribution in [1.29, 1.82) is 0 Å². The minimum atomic E-state index is 0.110. The lowest BCUT2D eigenvalue weighted by Crippen LogP contribution is -1.99. The number of ketones is 1. The number of rotatable bonds is 5. The molecular formula is C13H18N2O. The van der Waals surface area contributed by atoms with Crippen molar-refractivity contribution in [3.05, 3.63) is 23.8 Å². The van der Waals surface area contributed by atoms with Crippen LogP contribution in [0.5, 0.6) is 0 Å². The van der Waals surface area contributed by atoms with E-state index in [2.05, 4.69) is 22.9 Å². The van der Waals surface area contributed by atoms with Gasteiger partial charge in [-0.1, -0.05) is 12.7 Å². The zero-order valence-electron chi connectivity index (χ0n) is 9.78. The van der Waals surface area contributed by atoms with Crippen LogP contribution < -0.4 is 0 Å². The first-order valence-electron chi connectivity index (χ1n) is 5.97. The molecule has 2 atom stereocenters. The highest BCUT2D eigenvalue weighted by Gasteiger charge is 2.34. The molecule has 0 amide bonds. The van der Waals surface area contributed by atoms with Gasteiger partial charge < -0.3 is 0 Å². The lowest BCUT2D eigenvalue weighted by atomic mass is 10.0. The maximum atomic E-state index is 11.0. The number of hydrogen-bond acceptors (Lipinski definition) is 3. The molecule has 0 aromatic rings. The molecule has 0 radical (unpaired) electrons. The summed E-state index contributed by atoms with van der Waals surface area (Å²) in [6.07, 6.45) is 7.43. The number of unbranched alkanes of at least 4 members (excludes halogenated alkanes) is 1. The summed E-state index contributed by atoms with van der Waals surface area (Å²) in [6.45, 7) is 5.34. The molecule has 86 valence electrons. The van der Waals surface area contributed by atoms with Gasteiger partial charge in [-0.25, -0.2) is 0 Å². The summed E-state index contributed by atoms with van der Waals surface area (Å²) in [5, 5.41) is 8.42. The van der Waals surface area contributed by atoms with Crippen molar-refractivity contribution in [2.24, 2.45) is 10.2 Å². The highest BCUT2D eigenvalue weighted by molar-refractivity contribution is 5.92. The minimum absolute atomic E-state index is 0.110. The third kappa shape index (κ3) is 2.29. The molecule has 1 fully saturated rings. The van der Waals surface area contributed by atoms with Gasteiger partial charge in [0.1, 0.15) is 0 Å². The van der Waals surface area contributed by atoms with Crippen LogP contribution in [-0.4, -0.2) is 17.9 Å². The second-order valence-electron chi connectivity index (χ2n) is 4.60. The molecule has 0 aromatic carbocycles. The van der Waals surface area contributed by atoms with E-state index in [4.69, 9.17) is 0 Å². The van der Waals surface area contributed by atoms with Gasteiger partial charge in [0.05, 0.1) is 12.1 Å². The van der Waals surface area contributed by atoms with Crippen molar-refractivity contribution in [2.45, 2.75) is 51.1 Å². The average Bonchev–Trinajstić information content (AvgIpc) is 2.83. The predicted octanol–water partition coefficient (Wildman–Crippen LogP) is 3.23. The molecule has 0 saturated heterocycles. The van der Waals surface area contributed by atoms with Gasteiger partial charge >= 0.3 is 0 Å². The molecular weight excluding hydrogens is 200 g/mol. The first-order chi connectivity index (χ1) is 7.68. The van der Waals surface area contributed by atoms with E-state index in [1.165, 1.54) is 18.4 Å². The molecule has 3 nitrogen and oxygen atoms in total. The van der Waals surface area contributed by atoms with E-state index in [0.717, 1.165) is 24.8 Å². The van der Waals surface area contributed by atoms with E-state index in [1.54, 1.807) is 6.92 Å². The smallest absolute Gasteiger partial charge is 0.155 e. The zero-order valence-corrected chi connectivity index (χ0v) is 9.78. The maximum absolute atomic E-state index is 11.0. The molecule has 3 heteroatoms. The molecule has 2 rings (SSSR count). The molecule has 1 heterocycles. The van der Waals surface area contributed by atoms with Crippen molar-refractivity contribution in [1.82, 2.24) is 0 Å². The number of azo groups is 1. The van der Waals surface area contributed by atoms with Crippen LogP contribution in [0, 0.1) is 0 Å². The lowest BCUT2D eigenvalue weighted by Gasteiger charge is -2.02. The summed E-state index contributed by atoms with van der Waals surface area (Å²) < 4.78 is 0. The molecule has 16 heavy (non-hydrogen) atoms. The third-order valence-corrected chi connectivity index (χ3v) is 3.39. The van der Waals surface area contributed by atoms with Gasteiger partial charge in [-0.2, -0.15) is 10.2 Å². The van der Waals surface area contributed by atoms with Crippen LogP contribution in [0.1, 0.15) is 39.0 Å². The predicted molar refractivity (Wildman–Crippen MR) is 63.4 cm³/mol. The van der Waals surface area contributed by atoms with Crippen LogP contribution >= 0.6 is 0 Å². The van der Waals surface area contributed by atoms with Crippen LogP contribution in [0.4, 0.5) is 0 Å². The Balaban J connectivity index is 1.75. The van der Waals surface area contributed by atoms with Crippen molar-refractivity contribution in [2.75, 3.05) is 0 Å². The Morgan fingerprint density at radius 1 is 1.44 bits per heavy atom. The summed E-state index contributed by atoms with van der Waals surface area (Å²) in [4.78, 5) is 11.0. The quantitative estimate of drug-likeness (QED) is 0.397. The zero-order chi connectivity index (χ0) is 11.5. The normalized spacial score (nSPS) is 28.9. The first-order valence-corrected chi connectivity index (χ1v) is 5.97. The molecule has 1 aliphatic carbocycles. The fourth-order valence-corrected chi connectivity index (χ4v) is 2.31. The summed E-state index contributed by atoms with van der Waals surface area (Å²) in [6, 6.07) is 0.752. The molecule has 1 aliphatic heterocycles. The van der Waals surface area contributed by atoms with Crippen LogP contribution in [0.2, 0.25) is 0 Å². The van der Waals surface area contributed by atoms with E-state index in [0.29, 0.717) is 12.1 Å². The Kier molecular flexibility index (Phi) is 3.32. The maximum Gasteiger partial charge on any atom is 0.155 e. The van der Waals surface area contributed by atoms with Crippen LogP contribution in [0.3, 0.4) is 0 Å². The van der Waals surface area contributed by atoms with E-state index >= 15 is 0 Å². The highest BCUT2D eigenvalue weighted by Crippen LogP contribution is 2.37. The second-order valence-corrected chi connectivity index (χ2v) is 4.60. The third-order valence-electron chi connectivity index (χ3n) is 3.39. The number of Topliss-reactive ketones (excluding diaryl/α,β-unsaturated/α-hetero) is 1. The topological polar surface area (TPSA) is 41.8 Å². The van der Waals surface area contributed by atoms with Gasteiger partial charge in [0.25, 0.3) is 0 Å². The number of hydrogen-bond donors (Lipinski definition) is 0. The van der Waals surface area contributed by atoms with E-state index in [-0.39, 0.29) is 5.78 Å². The highest BCUT2D eigenvalue weighted by atomic mass is 16.1. The van der Waals surface area contributed by atoms with Crippen molar-refractivity contribution in [3.63, 3.8) is 0 Å². The summed E-state index contributed by atoms with van der Waals surface area (Å²) in [7, 11) is 0. The van der Waals surface area contributed by atoms with Crippen molar-refractivity contribution < 1.29 is 4.79 Å². The Bertz CT molecular complexity index is 352. The van der Waals surface area contributed by atoms with E-state index in [9.17, 15) is 4.79 Å². The molecule has 2 bridgehead atoms. The van der Waals surface area contributed by atoms with E-state index < -0.39 is 0 Å². The average molecular weight is 218 g/mol. The van der Waals surface area contributed by atoms with Gasteiger partial charge in [-0.15, -0.1) is 0 Å².